The fraction of sp³-hybridized carbons (Fsp3) is 0.583. The summed E-state index contributed by atoms with van der Waals surface area (Å²) in [5.41, 5.74) is 0.0182. The van der Waals surface area contributed by atoms with Gasteiger partial charge < -0.3 is 15.0 Å². The van der Waals surface area contributed by atoms with Crippen LogP contribution in [0.2, 0.25) is 0 Å². The van der Waals surface area contributed by atoms with Gasteiger partial charge in [-0.1, -0.05) is 0 Å². The van der Waals surface area contributed by atoms with Gasteiger partial charge >= 0.3 is 5.97 Å². The number of thioether (sulfide) groups is 1. The normalized spacial score (nSPS) is 22.4. The molecule has 0 aromatic carbocycles. The van der Waals surface area contributed by atoms with Crippen LogP contribution in [0.5, 0.6) is 0 Å². The molecule has 0 radical (unpaired) electrons. The minimum atomic E-state index is -1.04. The van der Waals surface area contributed by atoms with E-state index in [0.717, 1.165) is 18.6 Å². The number of carboxylic acids is 1. The molecule has 1 aliphatic rings. The number of hydrogen-bond acceptors (Lipinski definition) is 4. The summed E-state index contributed by atoms with van der Waals surface area (Å²) in [5.74, 6) is 0.0548. The van der Waals surface area contributed by atoms with Gasteiger partial charge in [-0.15, -0.1) is 11.8 Å². The van der Waals surface area contributed by atoms with E-state index >= 15 is 0 Å². The molecule has 0 aliphatic carbocycles. The minimum absolute atomic E-state index is 0.0182. The van der Waals surface area contributed by atoms with Gasteiger partial charge in [0.05, 0.1) is 11.1 Å². The number of aromatic nitrogens is 2. The molecule has 7 heteroatoms. The highest BCUT2D eigenvalue weighted by Gasteiger charge is 2.36. The molecular weight excluding hydrogens is 266 g/mol. The highest BCUT2D eigenvalue weighted by molar-refractivity contribution is 8.01. The Balaban J connectivity index is 1.79. The molecular formula is C12H17N3O3S. The van der Waals surface area contributed by atoms with E-state index < -0.39 is 5.97 Å². The fourth-order valence-corrected chi connectivity index (χ4v) is 3.27. The van der Waals surface area contributed by atoms with Crippen LogP contribution in [0.1, 0.15) is 30.3 Å². The predicted octanol–water partition coefficient (Wildman–Crippen LogP) is 0.983. The van der Waals surface area contributed by atoms with Crippen molar-refractivity contribution in [2.45, 2.75) is 31.1 Å². The average Bonchev–Trinajstić information content (AvgIpc) is 2.99. The van der Waals surface area contributed by atoms with Crippen molar-refractivity contribution in [1.82, 2.24) is 14.9 Å². The van der Waals surface area contributed by atoms with Crippen LogP contribution in [0, 0.1) is 0 Å². The number of carbonyl (C=O) groups excluding carboxylic acids is 1. The van der Waals surface area contributed by atoms with Crippen molar-refractivity contribution in [1.29, 1.82) is 0 Å². The smallest absolute Gasteiger partial charge is 0.356 e. The number of hydrogen-bond donors (Lipinski definition) is 2. The highest BCUT2D eigenvalue weighted by Crippen LogP contribution is 2.37. The maximum Gasteiger partial charge on any atom is 0.356 e. The van der Waals surface area contributed by atoms with Crippen LogP contribution >= 0.6 is 11.8 Å². The van der Waals surface area contributed by atoms with E-state index in [9.17, 15) is 9.59 Å². The zero-order chi connectivity index (χ0) is 13.9. The van der Waals surface area contributed by atoms with Crippen molar-refractivity contribution in [2.24, 2.45) is 0 Å². The topological polar surface area (TPSA) is 84.2 Å². The average molecular weight is 283 g/mol. The molecule has 1 aromatic heterocycles. The standard InChI is InChI=1S/C12H17N3O3S/c1-12(3-2-6-19-12)11(18)13-4-5-15-7-9(10(16)17)14-8-15/h7-8H,2-6H2,1H3,(H,13,18)(H,16,17). The second-order valence-electron chi connectivity index (χ2n) is 4.74. The lowest BCUT2D eigenvalue weighted by Gasteiger charge is -2.21. The Morgan fingerprint density at radius 1 is 1.63 bits per heavy atom. The number of nitrogens with one attached hydrogen (secondary N) is 1. The number of rotatable bonds is 5. The van der Waals surface area contributed by atoms with Crippen LogP contribution in [0.4, 0.5) is 0 Å². The lowest BCUT2D eigenvalue weighted by Crippen LogP contribution is -2.41. The number of nitrogens with zero attached hydrogens (tertiary/aromatic N) is 2. The lowest BCUT2D eigenvalue weighted by molar-refractivity contribution is -0.123. The van der Waals surface area contributed by atoms with E-state index in [2.05, 4.69) is 10.3 Å². The number of carboxylic acid groups (broad SMARTS) is 1. The molecule has 104 valence electrons. The van der Waals surface area contributed by atoms with E-state index in [0.29, 0.717) is 13.1 Å². The number of amides is 1. The van der Waals surface area contributed by atoms with Crippen molar-refractivity contribution >= 4 is 23.6 Å². The van der Waals surface area contributed by atoms with Crippen LogP contribution in [-0.2, 0) is 11.3 Å². The largest absolute Gasteiger partial charge is 0.476 e. The Hall–Kier alpha value is -1.50. The van der Waals surface area contributed by atoms with Gasteiger partial charge in [-0.3, -0.25) is 4.79 Å². The van der Waals surface area contributed by atoms with E-state index in [1.54, 1.807) is 16.3 Å². The third kappa shape index (κ3) is 3.28. The maximum atomic E-state index is 12.0. The van der Waals surface area contributed by atoms with Crippen molar-refractivity contribution < 1.29 is 14.7 Å². The first kappa shape index (κ1) is 13.9. The number of aromatic carboxylic acids is 1. The molecule has 1 amide bonds. The van der Waals surface area contributed by atoms with Crippen molar-refractivity contribution in [3.05, 3.63) is 18.2 Å². The van der Waals surface area contributed by atoms with Crippen molar-refractivity contribution in [3.8, 4) is 0 Å². The SMILES string of the molecule is CC1(C(=O)NCCn2cnc(C(=O)O)c2)CCCS1. The van der Waals surface area contributed by atoms with Crippen LogP contribution in [0.15, 0.2) is 12.5 Å². The van der Waals surface area contributed by atoms with Gasteiger partial charge in [0.25, 0.3) is 0 Å². The van der Waals surface area contributed by atoms with Crippen LogP contribution in [0.3, 0.4) is 0 Å². The summed E-state index contributed by atoms with van der Waals surface area (Å²) < 4.78 is 1.36. The van der Waals surface area contributed by atoms with Gasteiger partial charge in [-0.2, -0.15) is 0 Å². The van der Waals surface area contributed by atoms with Gasteiger partial charge in [-0.05, 0) is 25.5 Å². The van der Waals surface area contributed by atoms with Crippen LogP contribution in [-0.4, -0.2) is 43.6 Å². The van der Waals surface area contributed by atoms with E-state index in [1.807, 2.05) is 6.92 Å². The van der Waals surface area contributed by atoms with Gasteiger partial charge in [-0.25, -0.2) is 9.78 Å². The highest BCUT2D eigenvalue weighted by atomic mass is 32.2. The molecule has 1 fully saturated rings. The monoisotopic (exact) mass is 283 g/mol. The first-order valence-electron chi connectivity index (χ1n) is 6.18. The molecule has 0 saturated carbocycles. The number of carbonyl (C=O) groups is 2. The third-order valence-electron chi connectivity index (χ3n) is 3.21. The van der Waals surface area contributed by atoms with Crippen molar-refractivity contribution in [3.63, 3.8) is 0 Å². The molecule has 2 rings (SSSR count). The summed E-state index contributed by atoms with van der Waals surface area (Å²) >= 11 is 1.70. The maximum absolute atomic E-state index is 12.0. The molecule has 2 N–H and O–H groups in total. The summed E-state index contributed by atoms with van der Waals surface area (Å²) in [5, 5.41) is 11.6. The van der Waals surface area contributed by atoms with Gasteiger partial charge in [0.1, 0.15) is 0 Å². The summed E-state index contributed by atoms with van der Waals surface area (Å²) in [7, 11) is 0. The fourth-order valence-electron chi connectivity index (χ4n) is 2.04. The zero-order valence-corrected chi connectivity index (χ0v) is 11.6. The van der Waals surface area contributed by atoms with Crippen LogP contribution < -0.4 is 5.32 Å². The molecule has 0 bridgehead atoms. The molecule has 1 aliphatic heterocycles. The second-order valence-corrected chi connectivity index (χ2v) is 6.34. The molecule has 6 nitrogen and oxygen atoms in total. The van der Waals surface area contributed by atoms with Gasteiger partial charge in [0, 0.05) is 19.3 Å². The first-order valence-corrected chi connectivity index (χ1v) is 7.17. The van der Waals surface area contributed by atoms with Crippen LogP contribution in [0.25, 0.3) is 0 Å². The molecule has 1 atom stereocenters. The predicted molar refractivity (Wildman–Crippen MR) is 72.3 cm³/mol. The summed E-state index contributed by atoms with van der Waals surface area (Å²) in [6.07, 6.45) is 4.91. The Morgan fingerprint density at radius 3 is 3.00 bits per heavy atom. The third-order valence-corrected chi connectivity index (χ3v) is 4.73. The van der Waals surface area contributed by atoms with E-state index in [-0.39, 0.29) is 16.3 Å². The second kappa shape index (κ2) is 5.64. The van der Waals surface area contributed by atoms with E-state index in [4.69, 9.17) is 5.11 Å². The molecule has 19 heavy (non-hydrogen) atoms. The summed E-state index contributed by atoms with van der Waals surface area (Å²) in [6.45, 7) is 2.97. The molecule has 2 heterocycles. The summed E-state index contributed by atoms with van der Waals surface area (Å²) in [6, 6.07) is 0. The van der Waals surface area contributed by atoms with E-state index in [1.165, 1.54) is 12.5 Å². The molecule has 0 spiro atoms. The Morgan fingerprint density at radius 2 is 2.42 bits per heavy atom. The summed E-state index contributed by atoms with van der Waals surface area (Å²) in [4.78, 5) is 26.4. The Kier molecular flexibility index (Phi) is 4.14. The minimum Gasteiger partial charge on any atom is -0.476 e. The number of imidazole rings is 1. The molecule has 1 aromatic rings. The van der Waals surface area contributed by atoms with Crippen molar-refractivity contribution in [2.75, 3.05) is 12.3 Å². The molecule has 1 saturated heterocycles. The first-order chi connectivity index (χ1) is 9.01. The van der Waals surface area contributed by atoms with Gasteiger partial charge in [0.15, 0.2) is 5.69 Å². The quantitative estimate of drug-likeness (QED) is 0.841. The zero-order valence-electron chi connectivity index (χ0n) is 10.8. The lowest BCUT2D eigenvalue weighted by atomic mass is 10.1. The van der Waals surface area contributed by atoms with Gasteiger partial charge in [0.2, 0.25) is 5.91 Å². The Labute approximate surface area is 115 Å². The molecule has 1 unspecified atom stereocenters. The Bertz CT molecular complexity index is 480.